The van der Waals surface area contributed by atoms with Crippen LogP contribution >= 0.6 is 27.5 Å². The minimum atomic E-state index is -0.566. The van der Waals surface area contributed by atoms with Crippen molar-refractivity contribution in [3.05, 3.63) is 57.5 Å². The predicted octanol–water partition coefficient (Wildman–Crippen LogP) is 2.65. The van der Waals surface area contributed by atoms with Crippen molar-refractivity contribution >= 4 is 39.3 Å². The number of hydrazine groups is 1. The molecule has 0 spiro atoms. The summed E-state index contributed by atoms with van der Waals surface area (Å²) in [5.74, 6) is -0.690. The van der Waals surface area contributed by atoms with Gasteiger partial charge in [-0.15, -0.1) is 0 Å². The summed E-state index contributed by atoms with van der Waals surface area (Å²) in [4.78, 5) is 23.4. The number of hydrogen-bond donors (Lipinski definition) is 3. The van der Waals surface area contributed by atoms with Crippen LogP contribution in [0.1, 0.15) is 10.4 Å². The molecule has 0 radical (unpaired) electrons. The number of halogens is 2. The highest BCUT2D eigenvalue weighted by atomic mass is 79.9. The van der Waals surface area contributed by atoms with Crippen LogP contribution in [0.5, 0.6) is 11.5 Å². The molecule has 0 aliphatic carbocycles. The first-order chi connectivity index (χ1) is 11.0. The molecule has 3 N–H and O–H groups in total. The smallest absolute Gasteiger partial charge is 0.276 e. The minimum Gasteiger partial charge on any atom is -0.506 e. The molecule has 0 aliphatic rings. The number of phenolic OH excluding ortho intramolecular Hbond substituents is 1. The van der Waals surface area contributed by atoms with Crippen LogP contribution in [0, 0.1) is 0 Å². The lowest BCUT2D eigenvalue weighted by atomic mass is 10.2. The lowest BCUT2D eigenvalue weighted by Crippen LogP contribution is -2.43. The maximum atomic E-state index is 11.8. The van der Waals surface area contributed by atoms with Crippen LogP contribution in [0.25, 0.3) is 0 Å². The molecule has 0 aliphatic heterocycles. The zero-order valence-electron chi connectivity index (χ0n) is 11.7. The van der Waals surface area contributed by atoms with Crippen LogP contribution in [0.2, 0.25) is 5.02 Å². The molecule has 2 rings (SSSR count). The summed E-state index contributed by atoms with van der Waals surface area (Å²) in [5, 5.41) is 9.33. The van der Waals surface area contributed by atoms with E-state index >= 15 is 0 Å². The van der Waals surface area contributed by atoms with Gasteiger partial charge in [-0.2, -0.15) is 0 Å². The van der Waals surface area contributed by atoms with Crippen LogP contribution < -0.4 is 15.6 Å². The van der Waals surface area contributed by atoms with E-state index in [4.69, 9.17) is 16.3 Å². The topological polar surface area (TPSA) is 87.7 Å². The van der Waals surface area contributed by atoms with E-state index in [0.717, 1.165) is 4.47 Å². The lowest BCUT2D eigenvalue weighted by Gasteiger charge is -2.09. The van der Waals surface area contributed by atoms with E-state index in [0.29, 0.717) is 5.75 Å². The molecule has 0 aromatic heterocycles. The van der Waals surface area contributed by atoms with Crippen LogP contribution in [-0.4, -0.2) is 23.5 Å². The SMILES string of the molecule is O=C(COc1ccc(Br)cc1)NNC(=O)c1ccc(O)c(Cl)c1. The van der Waals surface area contributed by atoms with E-state index in [1.807, 2.05) is 0 Å². The van der Waals surface area contributed by atoms with Gasteiger partial charge in [0.2, 0.25) is 0 Å². The molecule has 8 heteroatoms. The molecule has 0 fully saturated rings. The highest BCUT2D eigenvalue weighted by Gasteiger charge is 2.10. The van der Waals surface area contributed by atoms with Crippen LogP contribution in [-0.2, 0) is 4.79 Å². The Morgan fingerprint density at radius 1 is 1.13 bits per heavy atom. The van der Waals surface area contributed by atoms with Crippen molar-refractivity contribution in [2.75, 3.05) is 6.61 Å². The van der Waals surface area contributed by atoms with Gasteiger partial charge in [0.25, 0.3) is 11.8 Å². The molecule has 0 saturated carbocycles. The number of rotatable bonds is 4. The van der Waals surface area contributed by atoms with Crippen LogP contribution in [0.4, 0.5) is 0 Å². The molecule has 6 nitrogen and oxygen atoms in total. The van der Waals surface area contributed by atoms with Crippen molar-refractivity contribution < 1.29 is 19.4 Å². The number of phenols is 1. The predicted molar refractivity (Wildman–Crippen MR) is 88.4 cm³/mol. The fourth-order valence-electron chi connectivity index (χ4n) is 1.56. The summed E-state index contributed by atoms with van der Waals surface area (Å²) in [6, 6.07) is 10.9. The first-order valence-corrected chi connectivity index (χ1v) is 7.59. The zero-order chi connectivity index (χ0) is 16.8. The Morgan fingerprint density at radius 3 is 2.48 bits per heavy atom. The van der Waals surface area contributed by atoms with Gasteiger partial charge in [-0.25, -0.2) is 0 Å². The van der Waals surface area contributed by atoms with Crippen molar-refractivity contribution in [1.82, 2.24) is 10.9 Å². The molecule has 0 unspecified atom stereocenters. The maximum Gasteiger partial charge on any atom is 0.276 e. The van der Waals surface area contributed by atoms with Crippen LogP contribution in [0.15, 0.2) is 46.9 Å². The largest absolute Gasteiger partial charge is 0.506 e. The Morgan fingerprint density at radius 2 is 1.83 bits per heavy atom. The number of carbonyl (C=O) groups is 2. The second kappa shape index (κ2) is 7.85. The minimum absolute atomic E-state index is 0.0440. The molecule has 0 saturated heterocycles. The standard InChI is InChI=1S/C15H12BrClN2O4/c16-10-2-4-11(5-3-10)23-8-14(21)18-19-15(22)9-1-6-13(20)12(17)7-9/h1-7,20H,8H2,(H,18,21)(H,19,22). The van der Waals surface area contributed by atoms with E-state index in [-0.39, 0.29) is 22.9 Å². The Labute approximate surface area is 145 Å². The number of ether oxygens (including phenoxy) is 1. The average Bonchev–Trinajstić information content (AvgIpc) is 2.54. The monoisotopic (exact) mass is 398 g/mol. The van der Waals surface area contributed by atoms with Gasteiger partial charge >= 0.3 is 0 Å². The first kappa shape index (κ1) is 17.1. The number of amides is 2. The molecule has 2 aromatic rings. The molecule has 0 atom stereocenters. The van der Waals surface area contributed by atoms with Crippen molar-refractivity contribution in [2.24, 2.45) is 0 Å². The number of carbonyl (C=O) groups excluding carboxylic acids is 2. The summed E-state index contributed by atoms with van der Waals surface area (Å²) < 4.78 is 6.15. The first-order valence-electron chi connectivity index (χ1n) is 6.42. The molecule has 2 aromatic carbocycles. The summed E-state index contributed by atoms with van der Waals surface area (Å²) in [6.07, 6.45) is 0. The quantitative estimate of drug-likeness (QED) is 0.690. The molecular formula is C15H12BrClN2O4. The number of benzene rings is 2. The molecular weight excluding hydrogens is 388 g/mol. The number of aromatic hydroxyl groups is 1. The van der Waals surface area contributed by atoms with Gasteiger partial charge in [-0.05, 0) is 42.5 Å². The van der Waals surface area contributed by atoms with Gasteiger partial charge in [0.1, 0.15) is 11.5 Å². The average molecular weight is 400 g/mol. The highest BCUT2D eigenvalue weighted by molar-refractivity contribution is 9.10. The van der Waals surface area contributed by atoms with E-state index in [1.54, 1.807) is 24.3 Å². The summed E-state index contributed by atoms with van der Waals surface area (Å²) in [6.45, 7) is -0.252. The molecule has 23 heavy (non-hydrogen) atoms. The van der Waals surface area contributed by atoms with Gasteiger partial charge in [0.05, 0.1) is 5.02 Å². The normalized spacial score (nSPS) is 10.0. The van der Waals surface area contributed by atoms with E-state index in [9.17, 15) is 14.7 Å². The van der Waals surface area contributed by atoms with Crippen molar-refractivity contribution in [3.63, 3.8) is 0 Å². The second-order valence-corrected chi connectivity index (χ2v) is 5.73. The van der Waals surface area contributed by atoms with Crippen molar-refractivity contribution in [3.8, 4) is 11.5 Å². The zero-order valence-corrected chi connectivity index (χ0v) is 14.0. The van der Waals surface area contributed by atoms with Gasteiger partial charge in [0.15, 0.2) is 6.61 Å². The number of hydrogen-bond acceptors (Lipinski definition) is 4. The summed E-state index contributed by atoms with van der Waals surface area (Å²) in [7, 11) is 0. The fourth-order valence-corrected chi connectivity index (χ4v) is 2.01. The Kier molecular flexibility index (Phi) is 5.84. The Hall–Kier alpha value is -2.25. The van der Waals surface area contributed by atoms with Gasteiger partial charge in [-0.3, -0.25) is 20.4 Å². The Bertz CT molecular complexity index is 722. The molecule has 120 valence electrons. The van der Waals surface area contributed by atoms with Crippen molar-refractivity contribution in [2.45, 2.75) is 0 Å². The van der Waals surface area contributed by atoms with E-state index in [2.05, 4.69) is 26.8 Å². The van der Waals surface area contributed by atoms with Gasteiger partial charge in [0, 0.05) is 10.0 Å². The summed E-state index contributed by atoms with van der Waals surface area (Å²) in [5.41, 5.74) is 4.64. The Balaban J connectivity index is 1.80. The molecule has 0 heterocycles. The lowest BCUT2D eigenvalue weighted by molar-refractivity contribution is -0.123. The molecule has 0 bridgehead atoms. The van der Waals surface area contributed by atoms with E-state index in [1.165, 1.54) is 18.2 Å². The third-order valence-corrected chi connectivity index (χ3v) is 3.54. The fraction of sp³-hybridized carbons (Fsp3) is 0.0667. The molecule has 2 amide bonds. The highest BCUT2D eigenvalue weighted by Crippen LogP contribution is 2.23. The van der Waals surface area contributed by atoms with Crippen LogP contribution in [0.3, 0.4) is 0 Å². The van der Waals surface area contributed by atoms with Gasteiger partial charge < -0.3 is 9.84 Å². The third-order valence-electron chi connectivity index (χ3n) is 2.71. The summed E-state index contributed by atoms with van der Waals surface area (Å²) >= 11 is 9.00. The number of nitrogens with one attached hydrogen (secondary N) is 2. The second-order valence-electron chi connectivity index (χ2n) is 4.41. The van der Waals surface area contributed by atoms with E-state index < -0.39 is 11.8 Å². The third kappa shape index (κ3) is 5.15. The van der Waals surface area contributed by atoms with Gasteiger partial charge in [-0.1, -0.05) is 27.5 Å². The maximum absolute atomic E-state index is 11.8. The van der Waals surface area contributed by atoms with Crippen molar-refractivity contribution in [1.29, 1.82) is 0 Å².